The van der Waals surface area contributed by atoms with Crippen molar-refractivity contribution in [3.8, 4) is 11.5 Å². The molecule has 0 saturated heterocycles. The van der Waals surface area contributed by atoms with Crippen LogP contribution in [0.15, 0.2) is 33.5 Å². The predicted octanol–water partition coefficient (Wildman–Crippen LogP) is 1.85. The van der Waals surface area contributed by atoms with Crippen molar-refractivity contribution in [2.45, 2.75) is 6.61 Å². The zero-order valence-electron chi connectivity index (χ0n) is 10.2. The molecular weight excluding hydrogens is 267 g/mol. The Labute approximate surface area is 112 Å². The van der Waals surface area contributed by atoms with Crippen molar-refractivity contribution in [2.24, 2.45) is 0 Å². The Balaban J connectivity index is 2.38. The molecule has 0 saturated carbocycles. The van der Waals surface area contributed by atoms with Gasteiger partial charge in [-0.2, -0.15) is 0 Å². The Morgan fingerprint density at radius 1 is 1.20 bits per heavy atom. The molecule has 0 bridgehead atoms. The third kappa shape index (κ3) is 2.86. The monoisotopic (exact) mass is 278 g/mol. The molecule has 0 atom stereocenters. The van der Waals surface area contributed by atoms with Crippen LogP contribution in [0.25, 0.3) is 12.2 Å². The molecule has 1 aromatic heterocycles. The Hall–Kier alpha value is -2.60. The first-order valence-corrected chi connectivity index (χ1v) is 5.64. The van der Waals surface area contributed by atoms with Crippen LogP contribution in [0, 0.1) is 5.82 Å². The molecule has 2 rings (SSSR count). The van der Waals surface area contributed by atoms with Crippen molar-refractivity contribution in [3.63, 3.8) is 0 Å². The number of phenols is 1. The quantitative estimate of drug-likeness (QED) is 0.797. The maximum Gasteiger partial charge on any atom is 0.227 e. The van der Waals surface area contributed by atoms with Crippen LogP contribution in [0.2, 0.25) is 0 Å². The average Bonchev–Trinajstić information content (AvgIpc) is 2.44. The molecule has 2 aromatic rings. The number of hydrogen-bond acceptors (Lipinski definition) is 5. The summed E-state index contributed by atoms with van der Waals surface area (Å²) in [6.45, 7) is -0.478. The van der Waals surface area contributed by atoms with E-state index in [0.29, 0.717) is 5.56 Å². The van der Waals surface area contributed by atoms with Crippen LogP contribution in [0.4, 0.5) is 4.39 Å². The van der Waals surface area contributed by atoms with E-state index in [0.717, 1.165) is 12.1 Å². The van der Waals surface area contributed by atoms with E-state index in [4.69, 9.17) is 9.52 Å². The number of hydrogen-bond donors (Lipinski definition) is 3. The molecule has 104 valence electrons. The van der Waals surface area contributed by atoms with Gasteiger partial charge in [-0.3, -0.25) is 4.79 Å². The average molecular weight is 278 g/mol. The fourth-order valence-electron chi connectivity index (χ4n) is 1.55. The van der Waals surface area contributed by atoms with Crippen molar-refractivity contribution < 1.29 is 24.1 Å². The Bertz CT molecular complexity index is 718. The largest absolute Gasteiger partial charge is 0.505 e. The molecule has 5 nitrogen and oxygen atoms in total. The van der Waals surface area contributed by atoms with E-state index >= 15 is 0 Å². The first kappa shape index (κ1) is 13.8. The van der Waals surface area contributed by atoms with Gasteiger partial charge in [0.05, 0.1) is 0 Å². The number of halogens is 1. The van der Waals surface area contributed by atoms with Gasteiger partial charge in [-0.05, 0) is 23.8 Å². The van der Waals surface area contributed by atoms with E-state index in [2.05, 4.69) is 0 Å². The lowest BCUT2D eigenvalue weighted by Crippen LogP contribution is -2.02. The third-order valence-corrected chi connectivity index (χ3v) is 2.55. The molecular formula is C14H11FO5. The van der Waals surface area contributed by atoms with Crippen LogP contribution >= 0.6 is 0 Å². The molecule has 3 N–H and O–H groups in total. The second-order valence-corrected chi connectivity index (χ2v) is 3.99. The van der Waals surface area contributed by atoms with Gasteiger partial charge in [0, 0.05) is 6.07 Å². The van der Waals surface area contributed by atoms with Gasteiger partial charge in [0.15, 0.2) is 17.3 Å². The number of aliphatic hydroxyl groups is 1. The lowest BCUT2D eigenvalue weighted by Gasteiger charge is -2.01. The Kier molecular flexibility index (Phi) is 3.86. The fraction of sp³-hybridized carbons (Fsp3) is 0.0714. The minimum absolute atomic E-state index is 0.00871. The van der Waals surface area contributed by atoms with Gasteiger partial charge >= 0.3 is 0 Å². The molecule has 20 heavy (non-hydrogen) atoms. The van der Waals surface area contributed by atoms with Crippen LogP contribution in [0.1, 0.15) is 17.1 Å². The summed E-state index contributed by atoms with van der Waals surface area (Å²) in [7, 11) is 0. The highest BCUT2D eigenvalue weighted by atomic mass is 19.1. The van der Waals surface area contributed by atoms with E-state index < -0.39 is 29.4 Å². The zero-order valence-corrected chi connectivity index (χ0v) is 10.2. The summed E-state index contributed by atoms with van der Waals surface area (Å²) in [5.41, 5.74) is -0.234. The molecule has 0 unspecified atom stereocenters. The standard InChI is InChI=1S/C14H11FO5/c15-10-3-1-8(5-11(10)17)2-4-13-14(19)12(18)6-9(7-16)20-13/h1-6,16-17,19H,7H2. The smallest absolute Gasteiger partial charge is 0.227 e. The minimum atomic E-state index is -0.751. The van der Waals surface area contributed by atoms with Crippen LogP contribution in [0.5, 0.6) is 11.5 Å². The summed E-state index contributed by atoms with van der Waals surface area (Å²) >= 11 is 0. The van der Waals surface area contributed by atoms with Crippen LogP contribution in [-0.2, 0) is 6.61 Å². The summed E-state index contributed by atoms with van der Waals surface area (Å²) in [6.07, 6.45) is 2.70. The van der Waals surface area contributed by atoms with Crippen LogP contribution in [0.3, 0.4) is 0 Å². The Morgan fingerprint density at radius 3 is 2.60 bits per heavy atom. The topological polar surface area (TPSA) is 90.9 Å². The van der Waals surface area contributed by atoms with Gasteiger partial charge in [-0.15, -0.1) is 0 Å². The van der Waals surface area contributed by atoms with E-state index in [1.807, 2.05) is 0 Å². The second kappa shape index (κ2) is 5.58. The highest BCUT2D eigenvalue weighted by Crippen LogP contribution is 2.20. The SMILES string of the molecule is O=c1cc(CO)oc(C=Cc2ccc(F)c(O)c2)c1O. The Morgan fingerprint density at radius 2 is 1.95 bits per heavy atom. The van der Waals surface area contributed by atoms with Crippen molar-refractivity contribution in [1.29, 1.82) is 0 Å². The van der Waals surface area contributed by atoms with Crippen molar-refractivity contribution in [2.75, 3.05) is 0 Å². The summed E-state index contributed by atoms with van der Waals surface area (Å²) in [5, 5.41) is 27.7. The third-order valence-electron chi connectivity index (χ3n) is 2.55. The van der Waals surface area contributed by atoms with Gasteiger partial charge in [0.1, 0.15) is 12.4 Å². The van der Waals surface area contributed by atoms with Gasteiger partial charge in [-0.25, -0.2) is 4.39 Å². The van der Waals surface area contributed by atoms with Gasteiger partial charge in [0.2, 0.25) is 11.2 Å². The van der Waals surface area contributed by atoms with E-state index in [9.17, 15) is 19.4 Å². The molecule has 0 radical (unpaired) electrons. The normalized spacial score (nSPS) is 11.1. The zero-order chi connectivity index (χ0) is 14.7. The van der Waals surface area contributed by atoms with Crippen molar-refractivity contribution in [1.82, 2.24) is 0 Å². The molecule has 0 aliphatic heterocycles. The number of aliphatic hydroxyl groups excluding tert-OH is 1. The van der Waals surface area contributed by atoms with E-state index in [1.54, 1.807) is 0 Å². The summed E-state index contributed by atoms with van der Waals surface area (Å²) in [5.74, 6) is -1.98. The first-order chi connectivity index (χ1) is 9.51. The number of rotatable bonds is 3. The summed E-state index contributed by atoms with van der Waals surface area (Å²) in [4.78, 5) is 11.4. The first-order valence-electron chi connectivity index (χ1n) is 5.64. The maximum absolute atomic E-state index is 12.9. The molecule has 0 fully saturated rings. The van der Waals surface area contributed by atoms with Crippen molar-refractivity contribution in [3.05, 3.63) is 57.4 Å². The number of aromatic hydroxyl groups is 2. The van der Waals surface area contributed by atoms with Crippen LogP contribution < -0.4 is 5.43 Å². The van der Waals surface area contributed by atoms with Gasteiger partial charge in [0.25, 0.3) is 0 Å². The number of phenolic OH excluding ortho intramolecular Hbond substituents is 1. The van der Waals surface area contributed by atoms with Gasteiger partial charge < -0.3 is 19.7 Å². The molecule has 6 heteroatoms. The highest BCUT2D eigenvalue weighted by molar-refractivity contribution is 5.70. The van der Waals surface area contributed by atoms with Crippen LogP contribution in [-0.4, -0.2) is 15.3 Å². The molecule has 0 aliphatic carbocycles. The van der Waals surface area contributed by atoms with E-state index in [1.165, 1.54) is 24.3 Å². The lowest BCUT2D eigenvalue weighted by molar-refractivity contribution is 0.240. The van der Waals surface area contributed by atoms with Gasteiger partial charge in [-0.1, -0.05) is 12.1 Å². The maximum atomic E-state index is 12.9. The highest BCUT2D eigenvalue weighted by Gasteiger charge is 2.08. The second-order valence-electron chi connectivity index (χ2n) is 3.99. The molecule has 1 aromatic carbocycles. The predicted molar refractivity (Wildman–Crippen MR) is 69.6 cm³/mol. The fourth-order valence-corrected chi connectivity index (χ4v) is 1.55. The van der Waals surface area contributed by atoms with E-state index in [-0.39, 0.29) is 11.5 Å². The van der Waals surface area contributed by atoms with Crippen molar-refractivity contribution >= 4 is 12.2 Å². The molecule has 0 aliphatic rings. The molecule has 0 spiro atoms. The summed E-state index contributed by atoms with van der Waals surface area (Å²) < 4.78 is 18.0. The lowest BCUT2D eigenvalue weighted by atomic mass is 10.2. The number of benzene rings is 1. The minimum Gasteiger partial charge on any atom is -0.505 e. The molecule has 1 heterocycles. The molecule has 0 amide bonds. The summed E-state index contributed by atoms with van der Waals surface area (Å²) in [6, 6.07) is 4.64.